The van der Waals surface area contributed by atoms with Gasteiger partial charge in [-0.2, -0.15) is 4.98 Å². The summed E-state index contributed by atoms with van der Waals surface area (Å²) in [5.41, 5.74) is 0.504. The van der Waals surface area contributed by atoms with Gasteiger partial charge in [-0.25, -0.2) is 0 Å². The summed E-state index contributed by atoms with van der Waals surface area (Å²) in [6, 6.07) is 8.33. The third-order valence-corrected chi connectivity index (χ3v) is 2.88. The molecular weight excluding hydrogens is 288 g/mol. The van der Waals surface area contributed by atoms with Crippen molar-refractivity contribution in [3.8, 4) is 23.1 Å². The van der Waals surface area contributed by atoms with Gasteiger partial charge in [0.1, 0.15) is 6.29 Å². The van der Waals surface area contributed by atoms with Crippen molar-refractivity contribution >= 4 is 6.29 Å². The Morgan fingerprint density at radius 3 is 2.91 bits per heavy atom. The highest BCUT2D eigenvalue weighted by Gasteiger charge is 2.12. The van der Waals surface area contributed by atoms with E-state index in [1.165, 1.54) is 13.4 Å². The maximum Gasteiger partial charge on any atom is 0.293 e. The Morgan fingerprint density at radius 1 is 1.27 bits per heavy atom. The zero-order chi connectivity index (χ0) is 15.4. The number of carbonyl (C=O) groups is 1. The van der Waals surface area contributed by atoms with Gasteiger partial charge in [0, 0.05) is 5.56 Å². The molecule has 0 N–H and O–H groups in total. The number of hydrogen-bond acceptors (Lipinski definition) is 7. The normalized spacial score (nSPS) is 10.4. The van der Waals surface area contributed by atoms with Crippen LogP contribution >= 0.6 is 0 Å². The molecule has 0 saturated heterocycles. The van der Waals surface area contributed by atoms with Crippen molar-refractivity contribution in [1.29, 1.82) is 0 Å². The van der Waals surface area contributed by atoms with E-state index < -0.39 is 0 Å². The van der Waals surface area contributed by atoms with Crippen LogP contribution < -0.4 is 9.47 Å². The van der Waals surface area contributed by atoms with Gasteiger partial charge in [0.2, 0.25) is 5.82 Å². The summed E-state index contributed by atoms with van der Waals surface area (Å²) in [6.07, 6.45) is 2.26. The van der Waals surface area contributed by atoms with Crippen LogP contribution in [0.1, 0.15) is 16.2 Å². The van der Waals surface area contributed by atoms with Gasteiger partial charge < -0.3 is 18.4 Å². The quantitative estimate of drug-likeness (QED) is 0.647. The Morgan fingerprint density at radius 2 is 2.18 bits per heavy atom. The fraction of sp³-hybridized carbons (Fsp3) is 0.133. The highest BCUT2D eigenvalue weighted by atomic mass is 16.5. The summed E-state index contributed by atoms with van der Waals surface area (Å²) in [5, 5.41) is 3.81. The van der Waals surface area contributed by atoms with E-state index in [0.717, 1.165) is 6.29 Å². The van der Waals surface area contributed by atoms with Gasteiger partial charge in [0.25, 0.3) is 5.89 Å². The maximum atomic E-state index is 10.7. The van der Waals surface area contributed by atoms with Crippen molar-refractivity contribution in [2.45, 2.75) is 6.61 Å². The van der Waals surface area contributed by atoms with Crippen molar-refractivity contribution in [2.24, 2.45) is 0 Å². The van der Waals surface area contributed by atoms with Gasteiger partial charge in [-0.15, -0.1) is 0 Å². The van der Waals surface area contributed by atoms with Gasteiger partial charge in [-0.3, -0.25) is 4.79 Å². The molecule has 0 unspecified atom stereocenters. The van der Waals surface area contributed by atoms with Crippen LogP contribution in [0, 0.1) is 0 Å². The van der Waals surface area contributed by atoms with Gasteiger partial charge in [0.05, 0.1) is 13.4 Å². The topological polar surface area (TPSA) is 87.6 Å². The first-order chi connectivity index (χ1) is 10.8. The van der Waals surface area contributed by atoms with Crippen LogP contribution in [0.4, 0.5) is 0 Å². The maximum absolute atomic E-state index is 10.7. The number of methoxy groups -OCH3 is 1. The molecule has 0 aliphatic rings. The van der Waals surface area contributed by atoms with E-state index in [1.54, 1.807) is 30.3 Å². The molecule has 22 heavy (non-hydrogen) atoms. The molecule has 3 aromatic rings. The van der Waals surface area contributed by atoms with E-state index in [1.807, 2.05) is 0 Å². The number of benzene rings is 1. The highest BCUT2D eigenvalue weighted by Crippen LogP contribution is 2.28. The van der Waals surface area contributed by atoms with Crippen LogP contribution in [0.5, 0.6) is 11.5 Å². The Hall–Kier alpha value is -3.09. The fourth-order valence-electron chi connectivity index (χ4n) is 1.83. The third kappa shape index (κ3) is 2.83. The van der Waals surface area contributed by atoms with Crippen molar-refractivity contribution in [3.05, 3.63) is 48.0 Å². The number of nitrogens with zero attached hydrogens (tertiary/aromatic N) is 2. The minimum Gasteiger partial charge on any atom is -0.493 e. The number of furan rings is 1. The molecule has 0 saturated carbocycles. The van der Waals surface area contributed by atoms with Gasteiger partial charge >= 0.3 is 0 Å². The second-order valence-electron chi connectivity index (χ2n) is 4.31. The van der Waals surface area contributed by atoms with Crippen molar-refractivity contribution in [3.63, 3.8) is 0 Å². The molecule has 2 heterocycles. The van der Waals surface area contributed by atoms with Crippen LogP contribution in [0.15, 0.2) is 45.5 Å². The minimum atomic E-state index is 0.0982. The van der Waals surface area contributed by atoms with E-state index in [4.69, 9.17) is 18.4 Å². The van der Waals surface area contributed by atoms with E-state index in [2.05, 4.69) is 10.1 Å². The summed E-state index contributed by atoms with van der Waals surface area (Å²) >= 11 is 0. The molecule has 0 fully saturated rings. The fourth-order valence-corrected chi connectivity index (χ4v) is 1.83. The SMILES string of the molecule is COc1cc(C=O)ccc1OCc1noc(-c2ccco2)n1. The number of aromatic nitrogens is 2. The molecule has 3 rings (SSSR count). The molecule has 2 aromatic heterocycles. The standard InChI is InChI=1S/C15H12N2O5/c1-19-13-7-10(8-18)4-5-11(13)21-9-14-16-15(22-17-14)12-3-2-6-20-12/h2-8H,9H2,1H3. The summed E-state index contributed by atoms with van der Waals surface area (Å²) in [7, 11) is 1.50. The van der Waals surface area contributed by atoms with Crippen LogP contribution in [0.3, 0.4) is 0 Å². The van der Waals surface area contributed by atoms with Crippen molar-refractivity contribution in [2.75, 3.05) is 7.11 Å². The average molecular weight is 300 g/mol. The molecular formula is C15H12N2O5. The first-order valence-electron chi connectivity index (χ1n) is 6.42. The number of ether oxygens (including phenoxy) is 2. The molecule has 7 nitrogen and oxygen atoms in total. The van der Waals surface area contributed by atoms with Crippen LogP contribution in [0.25, 0.3) is 11.7 Å². The van der Waals surface area contributed by atoms with Crippen LogP contribution in [-0.4, -0.2) is 23.5 Å². The molecule has 0 amide bonds. The molecule has 112 valence electrons. The lowest BCUT2D eigenvalue weighted by atomic mass is 10.2. The number of rotatable bonds is 6. The van der Waals surface area contributed by atoms with E-state index in [9.17, 15) is 4.79 Å². The van der Waals surface area contributed by atoms with E-state index >= 15 is 0 Å². The van der Waals surface area contributed by atoms with Crippen LogP contribution in [0.2, 0.25) is 0 Å². The molecule has 0 bridgehead atoms. The van der Waals surface area contributed by atoms with Crippen molar-refractivity contribution < 1.29 is 23.2 Å². The first kappa shape index (κ1) is 13.9. The zero-order valence-electron chi connectivity index (χ0n) is 11.7. The molecule has 0 aliphatic heterocycles. The lowest BCUT2D eigenvalue weighted by Crippen LogP contribution is -2.00. The van der Waals surface area contributed by atoms with Gasteiger partial charge in [-0.1, -0.05) is 5.16 Å². The lowest BCUT2D eigenvalue weighted by Gasteiger charge is -2.09. The molecule has 0 spiro atoms. The zero-order valence-corrected chi connectivity index (χ0v) is 11.7. The van der Waals surface area contributed by atoms with Crippen molar-refractivity contribution in [1.82, 2.24) is 10.1 Å². The first-order valence-corrected chi connectivity index (χ1v) is 6.42. The number of carbonyl (C=O) groups excluding carboxylic acids is 1. The minimum absolute atomic E-state index is 0.0982. The average Bonchev–Trinajstić information content (AvgIpc) is 3.23. The largest absolute Gasteiger partial charge is 0.493 e. The van der Waals surface area contributed by atoms with Gasteiger partial charge in [-0.05, 0) is 30.3 Å². The summed E-state index contributed by atoms with van der Waals surface area (Å²) in [6.45, 7) is 0.0982. The Labute approximate surface area is 125 Å². The number of hydrogen-bond donors (Lipinski definition) is 0. The summed E-state index contributed by atoms with van der Waals surface area (Å²) in [4.78, 5) is 14.9. The molecule has 0 radical (unpaired) electrons. The highest BCUT2D eigenvalue weighted by molar-refractivity contribution is 5.76. The van der Waals surface area contributed by atoms with Crippen LogP contribution in [-0.2, 0) is 6.61 Å². The van der Waals surface area contributed by atoms with Gasteiger partial charge in [0.15, 0.2) is 23.9 Å². The third-order valence-electron chi connectivity index (χ3n) is 2.88. The smallest absolute Gasteiger partial charge is 0.293 e. The summed E-state index contributed by atoms with van der Waals surface area (Å²) < 4.78 is 21.0. The van der Waals surface area contributed by atoms with E-state index in [-0.39, 0.29) is 12.5 Å². The molecule has 0 aliphatic carbocycles. The molecule has 0 atom stereocenters. The second kappa shape index (κ2) is 6.13. The molecule has 7 heteroatoms. The summed E-state index contributed by atoms with van der Waals surface area (Å²) in [5.74, 6) is 2.09. The predicted molar refractivity (Wildman–Crippen MR) is 74.7 cm³/mol. The Kier molecular flexibility index (Phi) is 3.86. The molecule has 1 aromatic carbocycles. The second-order valence-corrected chi connectivity index (χ2v) is 4.31. The number of aldehydes is 1. The monoisotopic (exact) mass is 300 g/mol. The Bertz CT molecular complexity index is 764. The predicted octanol–water partition coefficient (Wildman–Crippen LogP) is 2.73. The lowest BCUT2D eigenvalue weighted by molar-refractivity contribution is 0.112. The van der Waals surface area contributed by atoms with E-state index in [0.29, 0.717) is 28.6 Å². The Balaban J connectivity index is 1.71.